The van der Waals surface area contributed by atoms with Gasteiger partial charge in [0.05, 0.1) is 25.3 Å². The van der Waals surface area contributed by atoms with Crippen LogP contribution in [0.25, 0.3) is 11.0 Å². The molecule has 0 saturated carbocycles. The third-order valence-electron chi connectivity index (χ3n) is 3.09. The van der Waals surface area contributed by atoms with Gasteiger partial charge in [0.2, 0.25) is 5.95 Å². The Morgan fingerprint density at radius 3 is 2.38 bits per heavy atom. The number of halogens is 1. The quantitative estimate of drug-likeness (QED) is 0.765. The fourth-order valence-corrected chi connectivity index (χ4v) is 2.19. The van der Waals surface area contributed by atoms with Crippen molar-refractivity contribution in [3.8, 4) is 11.5 Å². The van der Waals surface area contributed by atoms with Gasteiger partial charge in [-0.2, -0.15) is 0 Å². The average Bonchev–Trinajstić information content (AvgIpc) is 2.89. The molecule has 0 amide bonds. The van der Waals surface area contributed by atoms with E-state index in [0.29, 0.717) is 22.5 Å². The maximum absolute atomic E-state index is 5.87. The lowest BCUT2D eigenvalue weighted by Crippen LogP contribution is -1.91. The fourth-order valence-electron chi connectivity index (χ4n) is 2.07. The minimum absolute atomic E-state index is 0.641. The number of aromatic nitrogens is 2. The smallest absolute Gasteiger partial charge is 0.205 e. The Morgan fingerprint density at radius 1 is 1.05 bits per heavy atom. The van der Waals surface area contributed by atoms with Crippen LogP contribution in [-0.2, 0) is 0 Å². The molecule has 0 bridgehead atoms. The second kappa shape index (κ2) is 5.54. The van der Waals surface area contributed by atoms with Crippen LogP contribution < -0.4 is 14.8 Å². The van der Waals surface area contributed by atoms with Crippen LogP contribution in [0.5, 0.6) is 11.5 Å². The minimum atomic E-state index is 0.641. The Bertz CT molecular complexity index is 727. The molecule has 0 saturated heterocycles. The topological polar surface area (TPSA) is 59.2 Å². The number of aromatic amines is 1. The summed E-state index contributed by atoms with van der Waals surface area (Å²) in [5.41, 5.74) is 2.56. The van der Waals surface area contributed by atoms with Gasteiger partial charge in [-0.15, -0.1) is 0 Å². The van der Waals surface area contributed by atoms with E-state index in [-0.39, 0.29) is 0 Å². The molecule has 21 heavy (non-hydrogen) atoms. The number of nitrogens with one attached hydrogen (secondary N) is 2. The largest absolute Gasteiger partial charge is 0.493 e. The lowest BCUT2D eigenvalue weighted by Gasteiger charge is -2.06. The Balaban J connectivity index is 1.95. The number of hydrogen-bond donors (Lipinski definition) is 2. The number of hydrogen-bond acceptors (Lipinski definition) is 4. The molecule has 0 aliphatic carbocycles. The highest BCUT2D eigenvalue weighted by atomic mass is 35.5. The van der Waals surface area contributed by atoms with Crippen molar-refractivity contribution in [3.63, 3.8) is 0 Å². The third kappa shape index (κ3) is 2.73. The molecule has 0 unspecified atom stereocenters. The van der Waals surface area contributed by atoms with E-state index in [1.165, 1.54) is 0 Å². The number of benzene rings is 2. The van der Waals surface area contributed by atoms with Gasteiger partial charge in [0.25, 0.3) is 0 Å². The number of imidazole rings is 1. The lowest BCUT2D eigenvalue weighted by molar-refractivity contribution is 0.356. The summed E-state index contributed by atoms with van der Waals surface area (Å²) in [5, 5.41) is 3.88. The molecule has 1 aromatic heterocycles. The molecular weight excluding hydrogens is 290 g/mol. The molecule has 0 atom stereocenters. The predicted octanol–water partition coefficient (Wildman–Crippen LogP) is 3.98. The number of methoxy groups -OCH3 is 2. The van der Waals surface area contributed by atoms with Gasteiger partial charge in [-0.3, -0.25) is 0 Å². The molecule has 0 aliphatic heterocycles. The molecule has 0 radical (unpaired) electrons. The van der Waals surface area contributed by atoms with Crippen molar-refractivity contribution < 1.29 is 9.47 Å². The van der Waals surface area contributed by atoms with Gasteiger partial charge in [0.1, 0.15) is 0 Å². The van der Waals surface area contributed by atoms with E-state index < -0.39 is 0 Å². The summed E-state index contributed by atoms with van der Waals surface area (Å²) in [6.07, 6.45) is 0. The molecule has 0 fully saturated rings. The van der Waals surface area contributed by atoms with Crippen molar-refractivity contribution >= 4 is 34.3 Å². The normalized spacial score (nSPS) is 10.6. The van der Waals surface area contributed by atoms with Crippen LogP contribution in [-0.4, -0.2) is 24.2 Å². The molecule has 1 heterocycles. The van der Waals surface area contributed by atoms with Gasteiger partial charge in [-0.05, 0) is 24.3 Å². The standard InChI is InChI=1S/C15H14ClN3O2/c1-20-13-7-11-12(8-14(13)21-2)19-15(18-11)17-10-5-3-9(16)4-6-10/h3-8H,1-2H3,(H2,17,18,19). The zero-order valence-electron chi connectivity index (χ0n) is 11.6. The molecule has 6 heteroatoms. The predicted molar refractivity (Wildman–Crippen MR) is 83.9 cm³/mol. The molecule has 5 nitrogen and oxygen atoms in total. The fraction of sp³-hybridized carbons (Fsp3) is 0.133. The van der Waals surface area contributed by atoms with Crippen LogP contribution in [0.4, 0.5) is 11.6 Å². The summed E-state index contributed by atoms with van der Waals surface area (Å²) in [5.74, 6) is 1.95. The van der Waals surface area contributed by atoms with E-state index in [9.17, 15) is 0 Å². The maximum atomic E-state index is 5.87. The second-order valence-electron chi connectivity index (χ2n) is 4.44. The van der Waals surface area contributed by atoms with Crippen LogP contribution in [0, 0.1) is 0 Å². The number of fused-ring (bicyclic) bond motifs is 1. The highest BCUT2D eigenvalue weighted by Gasteiger charge is 2.10. The minimum Gasteiger partial charge on any atom is -0.493 e. The summed E-state index contributed by atoms with van der Waals surface area (Å²) in [4.78, 5) is 7.67. The van der Waals surface area contributed by atoms with Crippen LogP contribution in [0.2, 0.25) is 5.02 Å². The monoisotopic (exact) mass is 303 g/mol. The summed E-state index contributed by atoms with van der Waals surface area (Å²) in [6.45, 7) is 0. The van der Waals surface area contributed by atoms with E-state index in [2.05, 4.69) is 15.3 Å². The molecule has 0 aliphatic rings. The van der Waals surface area contributed by atoms with Gasteiger partial charge >= 0.3 is 0 Å². The first kappa shape index (κ1) is 13.6. The summed E-state index contributed by atoms with van der Waals surface area (Å²) in [7, 11) is 3.20. The van der Waals surface area contributed by atoms with E-state index in [0.717, 1.165) is 16.7 Å². The number of anilines is 2. The number of rotatable bonds is 4. The van der Waals surface area contributed by atoms with Crippen molar-refractivity contribution in [1.29, 1.82) is 0 Å². The van der Waals surface area contributed by atoms with Gasteiger partial charge in [-0.1, -0.05) is 11.6 Å². The van der Waals surface area contributed by atoms with Crippen molar-refractivity contribution in [2.24, 2.45) is 0 Å². The van der Waals surface area contributed by atoms with Crippen LogP contribution in [0.1, 0.15) is 0 Å². The second-order valence-corrected chi connectivity index (χ2v) is 4.88. The zero-order valence-corrected chi connectivity index (χ0v) is 12.4. The Labute approximate surface area is 126 Å². The third-order valence-corrected chi connectivity index (χ3v) is 3.35. The SMILES string of the molecule is COc1cc2nc(Nc3ccc(Cl)cc3)[nH]c2cc1OC. The van der Waals surface area contributed by atoms with Crippen molar-refractivity contribution in [1.82, 2.24) is 9.97 Å². The van der Waals surface area contributed by atoms with Crippen LogP contribution in [0.15, 0.2) is 36.4 Å². The molecule has 2 aromatic carbocycles. The maximum Gasteiger partial charge on any atom is 0.205 e. The van der Waals surface area contributed by atoms with Crippen molar-refractivity contribution in [2.75, 3.05) is 19.5 Å². The molecule has 108 valence electrons. The van der Waals surface area contributed by atoms with Crippen molar-refractivity contribution in [3.05, 3.63) is 41.4 Å². The molecular formula is C15H14ClN3O2. The highest BCUT2D eigenvalue weighted by molar-refractivity contribution is 6.30. The van der Waals surface area contributed by atoms with Gasteiger partial charge in [0.15, 0.2) is 11.5 Å². The molecule has 0 spiro atoms. The Hall–Kier alpha value is -2.40. The van der Waals surface area contributed by atoms with Gasteiger partial charge < -0.3 is 19.8 Å². The van der Waals surface area contributed by atoms with Crippen molar-refractivity contribution in [2.45, 2.75) is 0 Å². The summed E-state index contributed by atoms with van der Waals surface area (Å²) in [6, 6.07) is 11.1. The first-order valence-electron chi connectivity index (χ1n) is 6.34. The first-order chi connectivity index (χ1) is 10.2. The summed E-state index contributed by atoms with van der Waals surface area (Å²) >= 11 is 5.87. The lowest BCUT2D eigenvalue weighted by atomic mass is 10.3. The van der Waals surface area contributed by atoms with E-state index >= 15 is 0 Å². The molecule has 3 rings (SSSR count). The highest BCUT2D eigenvalue weighted by Crippen LogP contribution is 2.32. The van der Waals surface area contributed by atoms with E-state index in [1.807, 2.05) is 36.4 Å². The van der Waals surface area contributed by atoms with Crippen LogP contribution >= 0.6 is 11.6 Å². The van der Waals surface area contributed by atoms with Gasteiger partial charge in [0, 0.05) is 22.8 Å². The first-order valence-corrected chi connectivity index (χ1v) is 6.71. The molecule has 3 aromatic rings. The van der Waals surface area contributed by atoms with Gasteiger partial charge in [-0.25, -0.2) is 4.98 Å². The molecule has 2 N–H and O–H groups in total. The number of nitrogens with zero attached hydrogens (tertiary/aromatic N) is 1. The van der Waals surface area contributed by atoms with E-state index in [1.54, 1.807) is 14.2 Å². The Morgan fingerprint density at radius 2 is 1.71 bits per heavy atom. The number of ether oxygens (including phenoxy) is 2. The summed E-state index contributed by atoms with van der Waals surface area (Å²) < 4.78 is 10.5. The number of H-pyrrole nitrogens is 1. The Kier molecular flexibility index (Phi) is 3.58. The van der Waals surface area contributed by atoms with E-state index in [4.69, 9.17) is 21.1 Å². The van der Waals surface area contributed by atoms with Crippen LogP contribution in [0.3, 0.4) is 0 Å². The zero-order chi connectivity index (χ0) is 14.8. The average molecular weight is 304 g/mol.